The summed E-state index contributed by atoms with van der Waals surface area (Å²) in [6.45, 7) is 6.30. The molecule has 1 amide bonds. The Morgan fingerprint density at radius 3 is 2.35 bits per heavy atom. The average Bonchev–Trinajstić information content (AvgIpc) is 2.63. The molecule has 5 nitrogen and oxygen atoms in total. The summed E-state index contributed by atoms with van der Waals surface area (Å²) >= 11 is 0. The topological polar surface area (TPSA) is 75.3 Å². The minimum Gasteiger partial charge on any atom is -0.352 e. The van der Waals surface area contributed by atoms with Gasteiger partial charge in [0.05, 0.1) is 4.90 Å². The Bertz CT molecular complexity index is 846. The fourth-order valence-corrected chi connectivity index (χ4v) is 3.83. The number of aryl methyl sites for hydroxylation is 1. The molecule has 0 radical (unpaired) electrons. The summed E-state index contributed by atoms with van der Waals surface area (Å²) in [5.74, 6) is -0.211. The Balaban J connectivity index is 1.95. The first-order valence-electron chi connectivity index (χ1n) is 8.78. The summed E-state index contributed by atoms with van der Waals surface area (Å²) in [5, 5.41) is 2.87. The third kappa shape index (κ3) is 5.41. The molecule has 6 heteroatoms. The largest absolute Gasteiger partial charge is 0.352 e. The van der Waals surface area contributed by atoms with Gasteiger partial charge in [-0.25, -0.2) is 13.1 Å². The number of carbonyl (C=O) groups is 1. The molecule has 1 unspecified atom stereocenters. The van der Waals surface area contributed by atoms with Gasteiger partial charge in [-0.1, -0.05) is 31.2 Å². The summed E-state index contributed by atoms with van der Waals surface area (Å²) in [7, 11) is -3.55. The van der Waals surface area contributed by atoms with E-state index in [1.165, 1.54) is 35.4 Å². The lowest BCUT2D eigenvalue weighted by Crippen LogP contribution is -2.32. The van der Waals surface area contributed by atoms with E-state index in [2.05, 4.69) is 10.0 Å². The van der Waals surface area contributed by atoms with E-state index >= 15 is 0 Å². The SMILES string of the molecule is CCC(C)NS(=O)(=O)c1ccc(C(=O)NCCc2ccccc2C)cc1. The van der Waals surface area contributed by atoms with Gasteiger partial charge in [-0.05, 0) is 62.1 Å². The van der Waals surface area contributed by atoms with Crippen LogP contribution in [-0.4, -0.2) is 26.9 Å². The lowest BCUT2D eigenvalue weighted by Gasteiger charge is -2.12. The maximum absolute atomic E-state index is 12.2. The van der Waals surface area contributed by atoms with Crippen molar-refractivity contribution in [3.05, 3.63) is 65.2 Å². The van der Waals surface area contributed by atoms with Crippen molar-refractivity contribution in [1.29, 1.82) is 0 Å². The molecule has 0 fully saturated rings. The Morgan fingerprint density at radius 2 is 1.73 bits per heavy atom. The molecular weight excluding hydrogens is 348 g/mol. The molecule has 2 N–H and O–H groups in total. The summed E-state index contributed by atoms with van der Waals surface area (Å²) in [6.07, 6.45) is 1.46. The van der Waals surface area contributed by atoms with Crippen molar-refractivity contribution in [1.82, 2.24) is 10.0 Å². The van der Waals surface area contributed by atoms with Crippen LogP contribution in [-0.2, 0) is 16.4 Å². The number of amides is 1. The first-order valence-corrected chi connectivity index (χ1v) is 10.3. The molecule has 2 rings (SSSR count). The normalized spacial score (nSPS) is 12.6. The van der Waals surface area contributed by atoms with E-state index in [0.717, 1.165) is 6.42 Å². The Kier molecular flexibility index (Phi) is 6.94. The molecule has 0 saturated carbocycles. The molecular formula is C20H26N2O3S. The molecule has 0 aliphatic heterocycles. The van der Waals surface area contributed by atoms with Crippen LogP contribution in [0.5, 0.6) is 0 Å². The molecule has 0 heterocycles. The van der Waals surface area contributed by atoms with Gasteiger partial charge in [0, 0.05) is 18.2 Å². The minimum atomic E-state index is -3.55. The van der Waals surface area contributed by atoms with Gasteiger partial charge in [0.2, 0.25) is 10.0 Å². The number of hydrogen-bond acceptors (Lipinski definition) is 3. The second-order valence-corrected chi connectivity index (χ2v) is 8.10. The van der Waals surface area contributed by atoms with Gasteiger partial charge in [0.15, 0.2) is 0 Å². The standard InChI is InChI=1S/C20H26N2O3S/c1-4-16(3)22-26(24,25)19-11-9-18(10-12-19)20(23)21-14-13-17-8-6-5-7-15(17)2/h5-12,16,22H,4,13-14H2,1-3H3,(H,21,23). The molecule has 26 heavy (non-hydrogen) atoms. The molecule has 0 spiro atoms. The highest BCUT2D eigenvalue weighted by molar-refractivity contribution is 7.89. The quantitative estimate of drug-likeness (QED) is 0.746. The van der Waals surface area contributed by atoms with E-state index in [-0.39, 0.29) is 16.8 Å². The molecule has 0 aromatic heterocycles. The molecule has 2 aromatic carbocycles. The second-order valence-electron chi connectivity index (χ2n) is 6.39. The van der Waals surface area contributed by atoms with Crippen molar-refractivity contribution in [2.24, 2.45) is 0 Å². The molecule has 140 valence electrons. The lowest BCUT2D eigenvalue weighted by atomic mass is 10.1. The van der Waals surface area contributed by atoms with Crippen LogP contribution < -0.4 is 10.0 Å². The van der Waals surface area contributed by atoms with Crippen LogP contribution in [0.4, 0.5) is 0 Å². The van der Waals surface area contributed by atoms with Gasteiger partial charge in [-0.2, -0.15) is 0 Å². The molecule has 1 atom stereocenters. The third-order valence-corrected chi connectivity index (χ3v) is 5.94. The number of rotatable bonds is 8. The van der Waals surface area contributed by atoms with Crippen LogP contribution in [0.15, 0.2) is 53.4 Å². The first-order chi connectivity index (χ1) is 12.3. The van der Waals surface area contributed by atoms with Crippen molar-refractivity contribution < 1.29 is 13.2 Å². The van der Waals surface area contributed by atoms with Crippen molar-refractivity contribution in [2.75, 3.05) is 6.54 Å². The van der Waals surface area contributed by atoms with Crippen molar-refractivity contribution in [3.8, 4) is 0 Å². The van der Waals surface area contributed by atoms with Crippen LogP contribution in [0.2, 0.25) is 0 Å². The molecule has 0 aliphatic rings. The summed E-state index contributed by atoms with van der Waals surface area (Å²) in [6, 6.07) is 13.9. The van der Waals surface area contributed by atoms with E-state index < -0.39 is 10.0 Å². The Morgan fingerprint density at radius 1 is 1.08 bits per heavy atom. The molecule has 0 saturated heterocycles. The number of hydrogen-bond donors (Lipinski definition) is 2. The number of benzene rings is 2. The summed E-state index contributed by atoms with van der Waals surface area (Å²) in [5.41, 5.74) is 2.84. The highest BCUT2D eigenvalue weighted by atomic mass is 32.2. The van der Waals surface area contributed by atoms with E-state index in [1.54, 1.807) is 0 Å². The van der Waals surface area contributed by atoms with E-state index in [4.69, 9.17) is 0 Å². The smallest absolute Gasteiger partial charge is 0.251 e. The summed E-state index contributed by atoms with van der Waals surface area (Å²) < 4.78 is 27.1. The fourth-order valence-electron chi connectivity index (χ4n) is 2.51. The van der Waals surface area contributed by atoms with Gasteiger partial charge in [-0.15, -0.1) is 0 Å². The molecule has 0 bridgehead atoms. The van der Waals surface area contributed by atoms with Gasteiger partial charge >= 0.3 is 0 Å². The van der Waals surface area contributed by atoms with Gasteiger partial charge in [0.25, 0.3) is 5.91 Å². The van der Waals surface area contributed by atoms with E-state index in [9.17, 15) is 13.2 Å². The monoisotopic (exact) mass is 374 g/mol. The Labute approximate surface area is 155 Å². The maximum Gasteiger partial charge on any atom is 0.251 e. The predicted molar refractivity (Wildman–Crippen MR) is 104 cm³/mol. The van der Waals surface area contributed by atoms with Crippen LogP contribution in [0.1, 0.15) is 41.8 Å². The van der Waals surface area contributed by atoms with Crippen molar-refractivity contribution in [2.45, 2.75) is 44.6 Å². The number of sulfonamides is 1. The predicted octanol–water partition coefficient (Wildman–Crippen LogP) is 3.04. The second kappa shape index (κ2) is 8.96. The number of carbonyl (C=O) groups excluding carboxylic acids is 1. The van der Waals surface area contributed by atoms with Crippen molar-refractivity contribution in [3.63, 3.8) is 0 Å². The zero-order valence-corrected chi connectivity index (χ0v) is 16.3. The van der Waals surface area contributed by atoms with Gasteiger partial charge in [-0.3, -0.25) is 4.79 Å². The first kappa shape index (κ1) is 20.1. The maximum atomic E-state index is 12.2. The average molecular weight is 375 g/mol. The summed E-state index contributed by atoms with van der Waals surface area (Å²) in [4.78, 5) is 12.4. The zero-order chi connectivity index (χ0) is 19.2. The molecule has 0 aliphatic carbocycles. The highest BCUT2D eigenvalue weighted by Crippen LogP contribution is 2.12. The Hall–Kier alpha value is -2.18. The van der Waals surface area contributed by atoms with E-state index in [0.29, 0.717) is 18.5 Å². The van der Waals surface area contributed by atoms with Crippen LogP contribution >= 0.6 is 0 Å². The van der Waals surface area contributed by atoms with Crippen molar-refractivity contribution >= 4 is 15.9 Å². The van der Waals surface area contributed by atoms with Gasteiger partial charge < -0.3 is 5.32 Å². The molecule has 2 aromatic rings. The highest BCUT2D eigenvalue weighted by Gasteiger charge is 2.17. The zero-order valence-electron chi connectivity index (χ0n) is 15.5. The lowest BCUT2D eigenvalue weighted by molar-refractivity contribution is 0.0954. The van der Waals surface area contributed by atoms with Crippen LogP contribution in [0.3, 0.4) is 0 Å². The van der Waals surface area contributed by atoms with Crippen LogP contribution in [0, 0.1) is 6.92 Å². The third-order valence-electron chi connectivity index (χ3n) is 4.34. The van der Waals surface area contributed by atoms with E-state index in [1.807, 2.05) is 45.0 Å². The van der Waals surface area contributed by atoms with Gasteiger partial charge in [0.1, 0.15) is 0 Å². The van der Waals surface area contributed by atoms with Crippen LogP contribution in [0.25, 0.3) is 0 Å². The number of nitrogens with one attached hydrogen (secondary N) is 2. The minimum absolute atomic E-state index is 0.135. The fraction of sp³-hybridized carbons (Fsp3) is 0.350.